The van der Waals surface area contributed by atoms with Crippen LogP contribution in [0.5, 0.6) is 5.75 Å². The number of phenolic OH excluding ortho intramolecular Hbond substituents is 1. The Morgan fingerprint density at radius 3 is 2.93 bits per heavy atom. The summed E-state index contributed by atoms with van der Waals surface area (Å²) in [7, 11) is 0. The first-order valence-corrected chi connectivity index (χ1v) is 9.47. The van der Waals surface area contributed by atoms with Gasteiger partial charge in [0, 0.05) is 11.6 Å². The molecule has 3 aromatic rings. The van der Waals surface area contributed by atoms with E-state index in [1.807, 2.05) is 6.07 Å². The van der Waals surface area contributed by atoms with E-state index in [1.54, 1.807) is 24.4 Å². The van der Waals surface area contributed by atoms with Gasteiger partial charge < -0.3 is 21.1 Å². The lowest BCUT2D eigenvalue weighted by Crippen LogP contribution is -2.41. The zero-order valence-electron chi connectivity index (χ0n) is 14.8. The van der Waals surface area contributed by atoms with Crippen LogP contribution >= 0.6 is 11.6 Å². The normalized spacial score (nSPS) is 25.5. The molecule has 0 aliphatic heterocycles. The molecule has 5 N–H and O–H groups in total. The number of pyridine rings is 1. The van der Waals surface area contributed by atoms with Gasteiger partial charge in [-0.15, -0.1) is 0 Å². The second-order valence-corrected chi connectivity index (χ2v) is 7.77. The molecule has 2 heterocycles. The summed E-state index contributed by atoms with van der Waals surface area (Å²) in [6.07, 6.45) is 6.67. The topological polar surface area (TPSA) is 117 Å². The SMILES string of the molecule is NC(=O)[C@@H]1[C@H](Nc2c(Cl)cnc3nc(-c4cccc(O)c4)[nH]c23)[C@H]2C=C[C@@H]1C2. The first-order chi connectivity index (χ1) is 13.5. The van der Waals surface area contributed by atoms with Crippen molar-refractivity contribution in [3.8, 4) is 17.1 Å². The fourth-order valence-corrected chi connectivity index (χ4v) is 4.64. The van der Waals surface area contributed by atoms with Crippen molar-refractivity contribution in [1.82, 2.24) is 15.0 Å². The van der Waals surface area contributed by atoms with Crippen LogP contribution in [0.2, 0.25) is 5.02 Å². The minimum atomic E-state index is -0.305. The van der Waals surface area contributed by atoms with Gasteiger partial charge in [-0.1, -0.05) is 35.9 Å². The molecular weight excluding hydrogens is 378 g/mol. The lowest BCUT2D eigenvalue weighted by atomic mass is 9.88. The Bertz CT molecular complexity index is 1120. The minimum absolute atomic E-state index is 0.122. The zero-order valence-corrected chi connectivity index (χ0v) is 15.5. The number of primary amides is 1. The molecule has 1 aromatic carbocycles. The van der Waals surface area contributed by atoms with E-state index in [2.05, 4.69) is 32.4 Å². The number of aromatic nitrogens is 3. The summed E-state index contributed by atoms with van der Waals surface area (Å²) in [5.74, 6) is 0.544. The molecule has 0 saturated heterocycles. The maximum atomic E-state index is 12.0. The van der Waals surface area contributed by atoms with E-state index in [1.165, 1.54) is 0 Å². The van der Waals surface area contributed by atoms with E-state index in [-0.39, 0.29) is 35.5 Å². The van der Waals surface area contributed by atoms with Crippen molar-refractivity contribution in [2.75, 3.05) is 5.32 Å². The molecule has 0 unspecified atom stereocenters. The Kier molecular flexibility index (Phi) is 3.80. The van der Waals surface area contributed by atoms with Crippen LogP contribution in [0.1, 0.15) is 6.42 Å². The van der Waals surface area contributed by atoms with Gasteiger partial charge in [0.05, 0.1) is 22.8 Å². The van der Waals surface area contributed by atoms with Gasteiger partial charge in [-0.25, -0.2) is 9.97 Å². The highest BCUT2D eigenvalue weighted by Crippen LogP contribution is 2.46. The van der Waals surface area contributed by atoms with Crippen LogP contribution in [0.3, 0.4) is 0 Å². The van der Waals surface area contributed by atoms with Gasteiger partial charge in [-0.2, -0.15) is 0 Å². The quantitative estimate of drug-likeness (QED) is 0.506. The number of H-pyrrole nitrogens is 1. The first-order valence-electron chi connectivity index (χ1n) is 9.09. The molecule has 0 radical (unpaired) electrons. The number of nitrogens with zero attached hydrogens (tertiary/aromatic N) is 2. The number of carbonyl (C=O) groups is 1. The lowest BCUT2D eigenvalue weighted by Gasteiger charge is -2.28. The number of aromatic amines is 1. The predicted octanol–water partition coefficient (Wildman–Crippen LogP) is 3.07. The summed E-state index contributed by atoms with van der Waals surface area (Å²) in [6.45, 7) is 0. The van der Waals surface area contributed by atoms with Gasteiger partial charge in [0.25, 0.3) is 0 Å². The molecule has 1 fully saturated rings. The number of rotatable bonds is 4. The summed E-state index contributed by atoms with van der Waals surface area (Å²) in [5.41, 5.74) is 8.21. The number of nitrogens with two attached hydrogens (primary N) is 1. The Morgan fingerprint density at radius 1 is 1.32 bits per heavy atom. The Balaban J connectivity index is 1.57. The van der Waals surface area contributed by atoms with Gasteiger partial charge in [-0.05, 0) is 30.4 Å². The summed E-state index contributed by atoms with van der Waals surface area (Å²) in [4.78, 5) is 24.1. The maximum absolute atomic E-state index is 12.0. The zero-order chi connectivity index (χ0) is 19.4. The summed E-state index contributed by atoms with van der Waals surface area (Å²) >= 11 is 6.44. The highest BCUT2D eigenvalue weighted by molar-refractivity contribution is 6.34. The molecule has 1 saturated carbocycles. The van der Waals surface area contributed by atoms with E-state index in [0.717, 1.165) is 12.0 Å². The number of imidazole rings is 1. The van der Waals surface area contributed by atoms with E-state index in [9.17, 15) is 9.90 Å². The number of amides is 1. The average molecular weight is 396 g/mol. The number of hydrogen-bond donors (Lipinski definition) is 4. The van der Waals surface area contributed by atoms with E-state index in [4.69, 9.17) is 17.3 Å². The van der Waals surface area contributed by atoms with Crippen molar-refractivity contribution < 1.29 is 9.90 Å². The number of fused-ring (bicyclic) bond motifs is 3. The number of phenols is 1. The third-order valence-corrected chi connectivity index (χ3v) is 5.98. The Hall–Kier alpha value is -3.06. The number of nitrogens with one attached hydrogen (secondary N) is 2. The molecule has 8 heteroatoms. The minimum Gasteiger partial charge on any atom is -0.508 e. The molecule has 4 atom stereocenters. The smallest absolute Gasteiger partial charge is 0.223 e. The van der Waals surface area contributed by atoms with E-state index < -0.39 is 0 Å². The van der Waals surface area contributed by atoms with E-state index >= 15 is 0 Å². The molecule has 142 valence electrons. The number of aromatic hydroxyl groups is 1. The van der Waals surface area contributed by atoms with E-state index in [0.29, 0.717) is 27.7 Å². The molecule has 7 nitrogen and oxygen atoms in total. The van der Waals surface area contributed by atoms with Crippen molar-refractivity contribution in [3.05, 3.63) is 47.6 Å². The predicted molar refractivity (Wildman–Crippen MR) is 107 cm³/mol. The second-order valence-electron chi connectivity index (χ2n) is 7.36. The van der Waals surface area contributed by atoms with Crippen molar-refractivity contribution in [1.29, 1.82) is 0 Å². The van der Waals surface area contributed by atoms with Gasteiger partial charge in [0.15, 0.2) is 5.65 Å². The lowest BCUT2D eigenvalue weighted by molar-refractivity contribution is -0.122. The number of hydrogen-bond acceptors (Lipinski definition) is 5. The van der Waals surface area contributed by atoms with Crippen LogP contribution in [-0.2, 0) is 4.79 Å². The van der Waals surface area contributed by atoms with Gasteiger partial charge in [0.2, 0.25) is 5.91 Å². The molecule has 0 spiro atoms. The number of carbonyl (C=O) groups excluding carboxylic acids is 1. The summed E-state index contributed by atoms with van der Waals surface area (Å²) in [6, 6.07) is 6.69. The van der Waals surface area contributed by atoms with Crippen LogP contribution in [0.4, 0.5) is 5.69 Å². The fraction of sp³-hybridized carbons (Fsp3) is 0.250. The molecule has 2 bridgehead atoms. The number of benzene rings is 1. The average Bonchev–Trinajstić information content (AvgIpc) is 3.38. The Morgan fingerprint density at radius 2 is 2.14 bits per heavy atom. The van der Waals surface area contributed by atoms with Crippen molar-refractivity contribution >= 4 is 34.4 Å². The summed E-state index contributed by atoms with van der Waals surface area (Å²) < 4.78 is 0. The molecule has 2 aromatic heterocycles. The third kappa shape index (κ3) is 2.62. The van der Waals surface area contributed by atoms with Crippen LogP contribution in [0, 0.1) is 17.8 Å². The van der Waals surface area contributed by atoms with Gasteiger partial charge >= 0.3 is 0 Å². The monoisotopic (exact) mass is 395 g/mol. The molecule has 1 amide bonds. The van der Waals surface area contributed by atoms with Crippen LogP contribution in [0.15, 0.2) is 42.6 Å². The number of allylic oxidation sites excluding steroid dienone is 1. The molecule has 5 rings (SSSR count). The van der Waals surface area contributed by atoms with Gasteiger partial charge in [-0.3, -0.25) is 4.79 Å². The molecular formula is C20H18ClN5O2. The first kappa shape index (κ1) is 17.1. The summed E-state index contributed by atoms with van der Waals surface area (Å²) in [5, 5.41) is 13.6. The highest BCUT2D eigenvalue weighted by atomic mass is 35.5. The molecule has 2 aliphatic rings. The van der Waals surface area contributed by atoms with Crippen LogP contribution in [0.25, 0.3) is 22.6 Å². The van der Waals surface area contributed by atoms with Crippen LogP contribution < -0.4 is 11.1 Å². The largest absolute Gasteiger partial charge is 0.508 e. The van der Waals surface area contributed by atoms with Crippen molar-refractivity contribution in [2.45, 2.75) is 12.5 Å². The maximum Gasteiger partial charge on any atom is 0.223 e. The second kappa shape index (κ2) is 6.24. The van der Waals surface area contributed by atoms with Gasteiger partial charge in [0.1, 0.15) is 17.1 Å². The standard InChI is InChI=1S/C20H18ClN5O2/c21-13-8-23-20-17(25-19(26-20)11-2-1-3-12(27)7-11)16(13)24-15-10-5-4-9(6-10)14(15)18(22)28/h1-5,7-10,14-15,27H,6H2,(H2,22,28)(H2,23,24,25,26)/t9-,10+,14+,15-/m1/s1. The third-order valence-electron chi connectivity index (χ3n) is 5.69. The molecule has 28 heavy (non-hydrogen) atoms. The highest BCUT2D eigenvalue weighted by Gasteiger charge is 2.47. The Labute approximate surface area is 165 Å². The van der Waals surface area contributed by atoms with Crippen molar-refractivity contribution in [2.24, 2.45) is 23.5 Å². The number of anilines is 1. The molecule has 2 aliphatic carbocycles. The van der Waals surface area contributed by atoms with Crippen molar-refractivity contribution in [3.63, 3.8) is 0 Å². The van der Waals surface area contributed by atoms with Crippen LogP contribution in [-0.4, -0.2) is 32.0 Å². The number of halogens is 1. The fourth-order valence-electron chi connectivity index (χ4n) is 4.44.